The number of thiol groups is 1. The third-order valence-corrected chi connectivity index (χ3v) is 1.22. The summed E-state index contributed by atoms with van der Waals surface area (Å²) in [5.74, 6) is 1.53. The van der Waals surface area contributed by atoms with Crippen molar-refractivity contribution in [1.82, 2.24) is 9.78 Å². The Morgan fingerprint density at radius 3 is 3.10 bits per heavy atom. The van der Waals surface area contributed by atoms with E-state index in [1.807, 2.05) is 13.2 Å². The first-order valence-electron chi connectivity index (χ1n) is 3.05. The van der Waals surface area contributed by atoms with E-state index in [0.717, 1.165) is 11.5 Å². The maximum absolute atomic E-state index is 5.22. The number of hydrogen-bond acceptors (Lipinski definition) is 3. The maximum Gasteiger partial charge on any atom is 0.157 e. The maximum atomic E-state index is 5.22. The van der Waals surface area contributed by atoms with Gasteiger partial charge in [0.05, 0.1) is 19.0 Å². The molecule has 0 unspecified atom stereocenters. The van der Waals surface area contributed by atoms with E-state index in [-0.39, 0.29) is 0 Å². The van der Waals surface area contributed by atoms with Gasteiger partial charge in [-0.2, -0.15) is 17.7 Å². The number of ether oxygens (including phenoxy) is 1. The Kier molecular flexibility index (Phi) is 2.62. The van der Waals surface area contributed by atoms with Crippen LogP contribution in [0.2, 0.25) is 0 Å². The largest absolute Gasteiger partial charge is 0.489 e. The number of rotatable bonds is 3. The summed E-state index contributed by atoms with van der Waals surface area (Å²) in [5.41, 5.74) is 0. The third kappa shape index (κ3) is 1.95. The summed E-state index contributed by atoms with van der Waals surface area (Å²) in [6, 6.07) is 0. The molecule has 0 aliphatic carbocycles. The molecule has 0 fully saturated rings. The lowest BCUT2D eigenvalue weighted by atomic mass is 10.6. The zero-order valence-electron chi connectivity index (χ0n) is 5.82. The van der Waals surface area contributed by atoms with Crippen LogP contribution in [-0.2, 0) is 7.05 Å². The van der Waals surface area contributed by atoms with Crippen LogP contribution in [0.4, 0.5) is 0 Å². The van der Waals surface area contributed by atoms with Crippen molar-refractivity contribution >= 4 is 12.6 Å². The van der Waals surface area contributed by atoms with Crippen molar-refractivity contribution in [2.75, 3.05) is 12.4 Å². The summed E-state index contributed by atoms with van der Waals surface area (Å²) in [4.78, 5) is 0. The number of hydrogen-bond donors (Lipinski definition) is 1. The summed E-state index contributed by atoms with van der Waals surface area (Å²) in [7, 11) is 1.85. The predicted molar refractivity (Wildman–Crippen MR) is 42.6 cm³/mol. The van der Waals surface area contributed by atoms with Crippen LogP contribution in [0.1, 0.15) is 0 Å². The van der Waals surface area contributed by atoms with Crippen molar-refractivity contribution in [3.05, 3.63) is 12.4 Å². The van der Waals surface area contributed by atoms with Crippen molar-refractivity contribution < 1.29 is 4.74 Å². The molecule has 0 bridgehead atoms. The first-order valence-corrected chi connectivity index (χ1v) is 3.68. The van der Waals surface area contributed by atoms with Crippen molar-refractivity contribution in [1.29, 1.82) is 0 Å². The van der Waals surface area contributed by atoms with E-state index in [1.54, 1.807) is 10.9 Å². The monoisotopic (exact) mass is 158 g/mol. The Bertz CT molecular complexity index is 199. The summed E-state index contributed by atoms with van der Waals surface area (Å²) < 4.78 is 6.92. The highest BCUT2D eigenvalue weighted by Gasteiger charge is 1.93. The van der Waals surface area contributed by atoms with Gasteiger partial charge in [0.15, 0.2) is 5.75 Å². The van der Waals surface area contributed by atoms with Crippen LogP contribution in [0, 0.1) is 0 Å². The minimum atomic E-state index is 0.634. The van der Waals surface area contributed by atoms with Crippen molar-refractivity contribution in [3.8, 4) is 5.75 Å². The Hall–Kier alpha value is -0.640. The smallest absolute Gasteiger partial charge is 0.157 e. The summed E-state index contributed by atoms with van der Waals surface area (Å²) in [6.45, 7) is 0.634. The molecule has 0 spiro atoms. The van der Waals surface area contributed by atoms with E-state index < -0.39 is 0 Å². The molecule has 1 aromatic rings. The van der Waals surface area contributed by atoms with E-state index in [9.17, 15) is 0 Å². The van der Waals surface area contributed by atoms with Crippen LogP contribution in [0.3, 0.4) is 0 Å². The van der Waals surface area contributed by atoms with Gasteiger partial charge in [0.2, 0.25) is 0 Å². The van der Waals surface area contributed by atoms with Crippen LogP contribution in [0.5, 0.6) is 5.75 Å². The first-order chi connectivity index (χ1) is 4.83. The van der Waals surface area contributed by atoms with Crippen molar-refractivity contribution in [2.45, 2.75) is 0 Å². The second-order valence-corrected chi connectivity index (χ2v) is 2.37. The van der Waals surface area contributed by atoms with Gasteiger partial charge in [-0.05, 0) is 0 Å². The molecule has 0 saturated heterocycles. The Morgan fingerprint density at radius 1 is 1.80 bits per heavy atom. The SMILES string of the molecule is Cn1cc(OCCS)cn1. The molecular formula is C6H10N2OS. The first kappa shape index (κ1) is 7.47. The number of aromatic nitrogens is 2. The summed E-state index contributed by atoms with van der Waals surface area (Å²) in [5, 5.41) is 3.94. The molecule has 1 aromatic heterocycles. The quantitative estimate of drug-likeness (QED) is 0.656. The normalized spacial score (nSPS) is 9.80. The van der Waals surface area contributed by atoms with Gasteiger partial charge in [0.1, 0.15) is 0 Å². The second kappa shape index (κ2) is 3.51. The van der Waals surface area contributed by atoms with Crippen molar-refractivity contribution in [3.63, 3.8) is 0 Å². The Morgan fingerprint density at radius 2 is 2.60 bits per heavy atom. The van der Waals surface area contributed by atoms with Gasteiger partial charge in [-0.3, -0.25) is 4.68 Å². The highest BCUT2D eigenvalue weighted by atomic mass is 32.1. The lowest BCUT2D eigenvalue weighted by Gasteiger charge is -1.96. The van der Waals surface area contributed by atoms with Gasteiger partial charge in [0, 0.05) is 12.8 Å². The molecule has 1 heterocycles. The third-order valence-electron chi connectivity index (χ3n) is 1.04. The fourth-order valence-electron chi connectivity index (χ4n) is 0.637. The molecule has 0 aromatic carbocycles. The number of nitrogens with zero attached hydrogens (tertiary/aromatic N) is 2. The van der Waals surface area contributed by atoms with Crippen molar-refractivity contribution in [2.24, 2.45) is 7.05 Å². The lowest BCUT2D eigenvalue weighted by Crippen LogP contribution is -1.96. The molecule has 0 saturated carbocycles. The molecule has 1 rings (SSSR count). The molecule has 0 radical (unpaired) electrons. The molecule has 10 heavy (non-hydrogen) atoms. The highest BCUT2D eigenvalue weighted by Crippen LogP contribution is 2.05. The minimum Gasteiger partial charge on any atom is -0.489 e. The van der Waals surface area contributed by atoms with Gasteiger partial charge in [0.25, 0.3) is 0 Å². The van der Waals surface area contributed by atoms with Crippen LogP contribution >= 0.6 is 12.6 Å². The summed E-state index contributed by atoms with van der Waals surface area (Å²) in [6.07, 6.45) is 3.51. The molecule has 0 atom stereocenters. The van der Waals surface area contributed by atoms with Gasteiger partial charge in [-0.1, -0.05) is 0 Å². The molecule has 56 valence electrons. The molecule has 3 nitrogen and oxygen atoms in total. The molecule has 0 amide bonds. The molecular weight excluding hydrogens is 148 g/mol. The molecule has 0 N–H and O–H groups in total. The van der Waals surface area contributed by atoms with Gasteiger partial charge >= 0.3 is 0 Å². The van der Waals surface area contributed by atoms with E-state index in [2.05, 4.69) is 17.7 Å². The highest BCUT2D eigenvalue weighted by molar-refractivity contribution is 7.80. The van der Waals surface area contributed by atoms with Gasteiger partial charge in [-0.25, -0.2) is 0 Å². The van der Waals surface area contributed by atoms with E-state index in [0.29, 0.717) is 6.61 Å². The average Bonchev–Trinajstić information content (AvgIpc) is 2.31. The second-order valence-electron chi connectivity index (χ2n) is 1.92. The average molecular weight is 158 g/mol. The zero-order chi connectivity index (χ0) is 7.40. The molecule has 4 heteroatoms. The zero-order valence-corrected chi connectivity index (χ0v) is 6.71. The topological polar surface area (TPSA) is 27.1 Å². The van der Waals surface area contributed by atoms with Gasteiger partial charge in [-0.15, -0.1) is 0 Å². The van der Waals surface area contributed by atoms with Crippen LogP contribution in [0.25, 0.3) is 0 Å². The fraction of sp³-hybridized carbons (Fsp3) is 0.500. The van der Waals surface area contributed by atoms with E-state index in [4.69, 9.17) is 4.74 Å². The standard InChI is InChI=1S/C6H10N2OS/c1-8-5-6(4-7-8)9-2-3-10/h4-5,10H,2-3H2,1H3. The molecule has 0 aliphatic rings. The Labute approximate surface area is 65.4 Å². The molecule has 0 aliphatic heterocycles. The number of aryl methyl sites for hydroxylation is 1. The van der Waals surface area contributed by atoms with E-state index >= 15 is 0 Å². The predicted octanol–water partition coefficient (Wildman–Crippen LogP) is 0.729. The lowest BCUT2D eigenvalue weighted by molar-refractivity contribution is 0.344. The van der Waals surface area contributed by atoms with Crippen LogP contribution < -0.4 is 4.74 Å². The fourth-order valence-corrected chi connectivity index (χ4v) is 0.728. The van der Waals surface area contributed by atoms with E-state index in [1.165, 1.54) is 0 Å². The summed E-state index contributed by atoms with van der Waals surface area (Å²) >= 11 is 4.01. The van der Waals surface area contributed by atoms with Crippen LogP contribution in [0.15, 0.2) is 12.4 Å². The van der Waals surface area contributed by atoms with Crippen LogP contribution in [-0.4, -0.2) is 22.1 Å². The minimum absolute atomic E-state index is 0.634. The Balaban J connectivity index is 2.42. The van der Waals surface area contributed by atoms with Gasteiger partial charge < -0.3 is 4.74 Å².